The lowest BCUT2D eigenvalue weighted by atomic mass is 10.2. The summed E-state index contributed by atoms with van der Waals surface area (Å²) < 4.78 is 5.18. The van der Waals surface area contributed by atoms with Gasteiger partial charge >= 0.3 is 0 Å². The maximum absolute atomic E-state index is 13.2. The topological polar surface area (TPSA) is 71.0 Å². The van der Waals surface area contributed by atoms with Crippen molar-refractivity contribution in [1.82, 2.24) is 5.32 Å². The van der Waals surface area contributed by atoms with Crippen molar-refractivity contribution in [2.75, 3.05) is 17.8 Å². The number of halogens is 1. The highest BCUT2D eigenvalue weighted by atomic mass is 35.5. The van der Waals surface area contributed by atoms with Gasteiger partial charge in [0.25, 0.3) is 5.91 Å². The molecule has 0 saturated heterocycles. The summed E-state index contributed by atoms with van der Waals surface area (Å²) in [6.07, 6.45) is 2.57. The van der Waals surface area contributed by atoms with Crippen LogP contribution in [0.3, 0.4) is 0 Å². The van der Waals surface area contributed by atoms with E-state index in [-0.39, 0.29) is 23.6 Å². The number of nitrogens with one attached hydrogen (secondary N) is 1. The highest BCUT2D eigenvalue weighted by Crippen LogP contribution is 2.30. The van der Waals surface area contributed by atoms with E-state index < -0.39 is 0 Å². The normalized spacial score (nSPS) is 15.7. The summed E-state index contributed by atoms with van der Waals surface area (Å²) in [6.45, 7) is 3.96. The zero-order valence-corrected chi connectivity index (χ0v) is 19.2. The average molecular weight is 458 g/mol. The third kappa shape index (κ3) is 5.89. The molecule has 8 heteroatoms. The second kappa shape index (κ2) is 10.5. The first-order valence-electron chi connectivity index (χ1n) is 9.88. The van der Waals surface area contributed by atoms with E-state index in [4.69, 9.17) is 16.3 Å². The SMILES string of the molecule is CC[C@H](C)NC(=O)CSC1=N/C(=C\c2ccc(OC)cc2)C(=O)N1c1ccc(Cl)cc1. The van der Waals surface area contributed by atoms with E-state index in [0.29, 0.717) is 21.6 Å². The molecule has 31 heavy (non-hydrogen) atoms. The van der Waals surface area contributed by atoms with Gasteiger partial charge in [0, 0.05) is 11.1 Å². The summed E-state index contributed by atoms with van der Waals surface area (Å²) in [5.41, 5.74) is 1.76. The molecule has 1 aliphatic heterocycles. The molecule has 6 nitrogen and oxygen atoms in total. The molecule has 3 rings (SSSR count). The lowest BCUT2D eigenvalue weighted by Crippen LogP contribution is -2.35. The second-order valence-electron chi connectivity index (χ2n) is 6.98. The van der Waals surface area contributed by atoms with Crippen molar-refractivity contribution in [3.8, 4) is 5.75 Å². The van der Waals surface area contributed by atoms with E-state index in [0.717, 1.165) is 17.7 Å². The van der Waals surface area contributed by atoms with Gasteiger partial charge in [-0.25, -0.2) is 4.99 Å². The Morgan fingerprint density at radius 2 is 1.90 bits per heavy atom. The number of anilines is 1. The molecule has 1 aliphatic rings. The molecule has 1 N–H and O–H groups in total. The number of hydrogen-bond donors (Lipinski definition) is 1. The molecule has 0 spiro atoms. The van der Waals surface area contributed by atoms with Gasteiger partial charge in [0.2, 0.25) is 5.91 Å². The molecular weight excluding hydrogens is 434 g/mol. The van der Waals surface area contributed by atoms with Crippen LogP contribution in [-0.4, -0.2) is 35.9 Å². The first-order valence-corrected chi connectivity index (χ1v) is 11.2. The van der Waals surface area contributed by atoms with Gasteiger partial charge < -0.3 is 10.1 Å². The van der Waals surface area contributed by atoms with E-state index >= 15 is 0 Å². The maximum atomic E-state index is 13.2. The molecule has 162 valence electrons. The number of nitrogens with zero attached hydrogens (tertiary/aromatic N) is 2. The van der Waals surface area contributed by atoms with Crippen LogP contribution in [0.25, 0.3) is 6.08 Å². The first kappa shape index (κ1) is 22.9. The number of hydrogen-bond acceptors (Lipinski definition) is 5. The summed E-state index contributed by atoms with van der Waals surface area (Å²) in [5, 5.41) is 3.95. The Hall–Kier alpha value is -2.77. The molecule has 0 bridgehead atoms. The van der Waals surface area contributed by atoms with Crippen molar-refractivity contribution in [2.45, 2.75) is 26.3 Å². The van der Waals surface area contributed by atoms with Crippen molar-refractivity contribution in [1.29, 1.82) is 0 Å². The maximum Gasteiger partial charge on any atom is 0.283 e. The van der Waals surface area contributed by atoms with Crippen molar-refractivity contribution in [3.63, 3.8) is 0 Å². The molecule has 1 atom stereocenters. The molecule has 0 aromatic heterocycles. The molecule has 2 amide bonds. The predicted molar refractivity (Wildman–Crippen MR) is 128 cm³/mol. The fourth-order valence-corrected chi connectivity index (χ4v) is 3.77. The monoisotopic (exact) mass is 457 g/mol. The van der Waals surface area contributed by atoms with Crippen molar-refractivity contribution in [2.24, 2.45) is 4.99 Å². The fourth-order valence-electron chi connectivity index (χ4n) is 2.82. The van der Waals surface area contributed by atoms with Crippen LogP contribution in [-0.2, 0) is 9.59 Å². The standard InChI is InChI=1S/C23H24ClN3O3S/c1-4-15(2)25-21(28)14-31-23-26-20(13-16-5-11-19(30-3)12-6-16)22(29)27(23)18-9-7-17(24)8-10-18/h5-13,15H,4,14H2,1-3H3,(H,25,28)/b20-13-/t15-/m0/s1. The van der Waals surface area contributed by atoms with Crippen LogP contribution in [0.15, 0.2) is 59.2 Å². The number of carbonyl (C=O) groups is 2. The van der Waals surface area contributed by atoms with Crippen LogP contribution >= 0.6 is 23.4 Å². The highest BCUT2D eigenvalue weighted by Gasteiger charge is 2.32. The number of amidine groups is 1. The number of amides is 2. The molecule has 2 aromatic rings. The van der Waals surface area contributed by atoms with Crippen LogP contribution in [0.5, 0.6) is 5.75 Å². The predicted octanol–water partition coefficient (Wildman–Crippen LogP) is 4.74. The van der Waals surface area contributed by atoms with E-state index in [9.17, 15) is 9.59 Å². The number of ether oxygens (including phenoxy) is 1. The molecule has 0 radical (unpaired) electrons. The van der Waals surface area contributed by atoms with Gasteiger partial charge in [0.1, 0.15) is 11.4 Å². The quantitative estimate of drug-likeness (QED) is 0.609. The summed E-state index contributed by atoms with van der Waals surface area (Å²) in [6, 6.07) is 14.4. The number of methoxy groups -OCH3 is 1. The smallest absolute Gasteiger partial charge is 0.283 e. The van der Waals surface area contributed by atoms with E-state index in [1.165, 1.54) is 16.7 Å². The second-order valence-corrected chi connectivity index (χ2v) is 8.36. The van der Waals surface area contributed by atoms with E-state index in [1.54, 1.807) is 37.5 Å². The Balaban J connectivity index is 1.86. The third-order valence-electron chi connectivity index (χ3n) is 4.69. The lowest BCUT2D eigenvalue weighted by Gasteiger charge is -2.18. The van der Waals surface area contributed by atoms with Crippen molar-refractivity contribution >= 4 is 52.1 Å². The van der Waals surface area contributed by atoms with E-state index in [2.05, 4.69) is 10.3 Å². The Morgan fingerprint density at radius 1 is 1.23 bits per heavy atom. The van der Waals surface area contributed by atoms with Crippen LogP contribution in [0.1, 0.15) is 25.8 Å². The molecule has 0 aliphatic carbocycles. The molecule has 0 unspecified atom stereocenters. The number of rotatable bonds is 7. The van der Waals surface area contributed by atoms with Gasteiger partial charge in [0.15, 0.2) is 5.17 Å². The summed E-state index contributed by atoms with van der Waals surface area (Å²) >= 11 is 7.23. The van der Waals surface area contributed by atoms with Gasteiger partial charge in [-0.3, -0.25) is 14.5 Å². The molecule has 1 heterocycles. The minimum Gasteiger partial charge on any atom is -0.497 e. The summed E-state index contributed by atoms with van der Waals surface area (Å²) in [4.78, 5) is 31.4. The summed E-state index contributed by atoms with van der Waals surface area (Å²) in [7, 11) is 1.60. The number of carbonyl (C=O) groups excluding carboxylic acids is 2. The Bertz CT molecular complexity index is 1000. The van der Waals surface area contributed by atoms with Gasteiger partial charge in [0.05, 0.1) is 18.6 Å². The number of aliphatic imine (C=N–C) groups is 1. The van der Waals surface area contributed by atoms with Gasteiger partial charge in [-0.2, -0.15) is 0 Å². The minimum atomic E-state index is -0.261. The van der Waals surface area contributed by atoms with Crippen LogP contribution in [0.4, 0.5) is 5.69 Å². The number of benzene rings is 2. The zero-order valence-electron chi connectivity index (χ0n) is 17.6. The third-order valence-corrected chi connectivity index (χ3v) is 5.88. The minimum absolute atomic E-state index is 0.0955. The summed E-state index contributed by atoms with van der Waals surface area (Å²) in [5.74, 6) is 0.534. The molecule has 0 saturated carbocycles. The van der Waals surface area contributed by atoms with E-state index in [1.807, 2.05) is 38.1 Å². The largest absolute Gasteiger partial charge is 0.497 e. The average Bonchev–Trinajstić information content (AvgIpc) is 3.08. The highest BCUT2D eigenvalue weighted by molar-refractivity contribution is 8.14. The molecular formula is C23H24ClN3O3S. The Labute approximate surface area is 191 Å². The van der Waals surface area contributed by atoms with Crippen molar-refractivity contribution in [3.05, 3.63) is 64.8 Å². The Kier molecular flexibility index (Phi) is 7.76. The fraction of sp³-hybridized carbons (Fsp3) is 0.261. The zero-order chi connectivity index (χ0) is 22.4. The van der Waals surface area contributed by atoms with Crippen LogP contribution in [0, 0.1) is 0 Å². The lowest BCUT2D eigenvalue weighted by molar-refractivity contribution is -0.119. The molecule has 0 fully saturated rings. The number of thioether (sulfide) groups is 1. The molecule has 2 aromatic carbocycles. The van der Waals surface area contributed by atoms with Crippen LogP contribution < -0.4 is 15.0 Å². The Morgan fingerprint density at radius 3 is 2.52 bits per heavy atom. The van der Waals surface area contributed by atoms with Crippen LogP contribution in [0.2, 0.25) is 5.02 Å². The van der Waals surface area contributed by atoms with Gasteiger partial charge in [-0.05, 0) is 61.4 Å². The van der Waals surface area contributed by atoms with Crippen molar-refractivity contribution < 1.29 is 14.3 Å². The van der Waals surface area contributed by atoms with Gasteiger partial charge in [-0.1, -0.05) is 42.4 Å². The van der Waals surface area contributed by atoms with Gasteiger partial charge in [-0.15, -0.1) is 0 Å². The first-order chi connectivity index (χ1) is 14.9.